The average Bonchev–Trinajstić information content (AvgIpc) is 2.41. The molecule has 1 N–H and O–H groups in total. The molecule has 0 aromatic heterocycles. The lowest BCUT2D eigenvalue weighted by atomic mass is 9.74. The highest BCUT2D eigenvalue weighted by Gasteiger charge is 2.43. The summed E-state index contributed by atoms with van der Waals surface area (Å²) in [5, 5.41) is 9.06. The van der Waals surface area contributed by atoms with E-state index in [0.717, 1.165) is 32.3 Å². The van der Waals surface area contributed by atoms with Gasteiger partial charge in [-0.05, 0) is 63.3 Å². The monoisotopic (exact) mass is 418 g/mol. The van der Waals surface area contributed by atoms with Crippen molar-refractivity contribution in [2.75, 3.05) is 6.61 Å². The minimum absolute atomic E-state index is 0.0306. The molecule has 1 atom stereocenters. The summed E-state index contributed by atoms with van der Waals surface area (Å²) in [4.78, 5) is 11.0. The van der Waals surface area contributed by atoms with Crippen molar-refractivity contribution < 1.29 is 19.4 Å². The minimum atomic E-state index is -0.956. The number of benzene rings is 1. The van der Waals surface area contributed by atoms with E-state index in [-0.39, 0.29) is 17.3 Å². The van der Waals surface area contributed by atoms with Gasteiger partial charge in [-0.3, -0.25) is 0 Å². The number of carboxylic acids is 1. The normalized spacial score (nSPS) is 23.6. The van der Waals surface area contributed by atoms with Gasteiger partial charge in [0, 0.05) is 12.8 Å². The Morgan fingerprint density at radius 3 is 2.52 bits per heavy atom. The van der Waals surface area contributed by atoms with Crippen molar-refractivity contribution in [2.45, 2.75) is 43.8 Å². The van der Waals surface area contributed by atoms with Gasteiger partial charge in [0.2, 0.25) is 0 Å². The predicted octanol–water partition coefficient (Wildman–Crippen LogP) is 4.39. The Balaban J connectivity index is 1.76. The number of carboxylic acid groups (broad SMARTS) is 1. The number of hydrogen-bond acceptors (Lipinski definition) is 3. The molecule has 1 aromatic rings. The summed E-state index contributed by atoms with van der Waals surface area (Å²) >= 11 is 6.81. The first-order chi connectivity index (χ1) is 9.99. The Morgan fingerprint density at radius 1 is 1.33 bits per heavy atom. The lowest BCUT2D eigenvalue weighted by molar-refractivity contribution is -0.153. The number of ether oxygens (including phenoxy) is 2. The fourth-order valence-corrected chi connectivity index (χ4v) is 4.34. The second kappa shape index (κ2) is 5.89. The van der Waals surface area contributed by atoms with Gasteiger partial charge in [0.1, 0.15) is 11.9 Å². The van der Waals surface area contributed by atoms with Gasteiger partial charge in [0.05, 0.1) is 26.7 Å². The van der Waals surface area contributed by atoms with Gasteiger partial charge in [-0.15, -0.1) is 0 Å². The zero-order valence-electron chi connectivity index (χ0n) is 11.4. The molecule has 1 aliphatic heterocycles. The number of hydrogen-bond donors (Lipinski definition) is 1. The van der Waals surface area contributed by atoms with Gasteiger partial charge in [-0.25, -0.2) is 4.79 Å². The summed E-state index contributed by atoms with van der Waals surface area (Å²) < 4.78 is 13.3. The van der Waals surface area contributed by atoms with E-state index in [9.17, 15) is 4.79 Å². The van der Waals surface area contributed by atoms with E-state index < -0.39 is 5.97 Å². The van der Waals surface area contributed by atoms with E-state index in [0.29, 0.717) is 14.7 Å². The number of rotatable bonds is 3. The molecule has 2 aliphatic rings. The van der Waals surface area contributed by atoms with Gasteiger partial charge in [-0.2, -0.15) is 0 Å². The third kappa shape index (κ3) is 3.12. The first kappa shape index (κ1) is 15.3. The van der Waals surface area contributed by atoms with Crippen LogP contribution >= 0.6 is 31.9 Å². The molecule has 6 heteroatoms. The van der Waals surface area contributed by atoms with Crippen molar-refractivity contribution in [2.24, 2.45) is 0 Å². The highest BCUT2D eigenvalue weighted by Crippen LogP contribution is 2.44. The molecular weight excluding hydrogens is 404 g/mol. The van der Waals surface area contributed by atoms with Crippen molar-refractivity contribution in [3.05, 3.63) is 26.6 Å². The van der Waals surface area contributed by atoms with Crippen LogP contribution in [0.15, 0.2) is 21.1 Å². The van der Waals surface area contributed by atoms with E-state index in [4.69, 9.17) is 14.6 Å². The standard InChI is InChI=1S/C15H16Br2O4/c16-11-6-9(14(18)19)7-12(17)13(11)21-10-2-5-20-15(8-10)3-1-4-15/h6-7,10H,1-5,8H2,(H,18,19). The van der Waals surface area contributed by atoms with Crippen molar-refractivity contribution >= 4 is 37.8 Å². The fourth-order valence-electron chi connectivity index (χ4n) is 2.97. The lowest BCUT2D eigenvalue weighted by Gasteiger charge is -2.47. The SMILES string of the molecule is O=C(O)c1cc(Br)c(OC2CCOC3(CCC3)C2)c(Br)c1. The molecule has 1 heterocycles. The molecule has 1 aliphatic carbocycles. The molecule has 1 saturated carbocycles. The zero-order valence-corrected chi connectivity index (χ0v) is 14.6. The Morgan fingerprint density at radius 2 is 2.00 bits per heavy atom. The van der Waals surface area contributed by atoms with Crippen LogP contribution in [0.25, 0.3) is 0 Å². The molecule has 4 nitrogen and oxygen atoms in total. The van der Waals surface area contributed by atoms with Crippen molar-refractivity contribution in [1.82, 2.24) is 0 Å². The third-order valence-electron chi connectivity index (χ3n) is 4.24. The average molecular weight is 420 g/mol. The van der Waals surface area contributed by atoms with Gasteiger partial charge < -0.3 is 14.6 Å². The van der Waals surface area contributed by atoms with Crippen LogP contribution in [0.3, 0.4) is 0 Å². The second-order valence-electron chi connectivity index (χ2n) is 5.69. The topological polar surface area (TPSA) is 55.8 Å². The quantitative estimate of drug-likeness (QED) is 0.789. The van der Waals surface area contributed by atoms with Crippen LogP contribution in [0, 0.1) is 0 Å². The molecule has 0 amide bonds. The van der Waals surface area contributed by atoms with Crippen LogP contribution < -0.4 is 4.74 Å². The van der Waals surface area contributed by atoms with Gasteiger partial charge in [-0.1, -0.05) is 0 Å². The Bertz CT molecular complexity index is 546. The van der Waals surface area contributed by atoms with Gasteiger partial charge in [0.15, 0.2) is 0 Å². The third-order valence-corrected chi connectivity index (χ3v) is 5.42. The molecule has 114 valence electrons. The Kier molecular flexibility index (Phi) is 4.30. The minimum Gasteiger partial charge on any atom is -0.488 e. The first-order valence-electron chi connectivity index (χ1n) is 7.02. The van der Waals surface area contributed by atoms with Crippen LogP contribution in [0.1, 0.15) is 42.5 Å². The first-order valence-corrected chi connectivity index (χ1v) is 8.61. The van der Waals surface area contributed by atoms with Crippen LogP contribution in [0.5, 0.6) is 5.75 Å². The van der Waals surface area contributed by atoms with Gasteiger partial charge in [0.25, 0.3) is 0 Å². The van der Waals surface area contributed by atoms with E-state index in [1.807, 2.05) is 0 Å². The maximum atomic E-state index is 11.0. The molecule has 1 aromatic carbocycles. The smallest absolute Gasteiger partial charge is 0.335 e. The second-order valence-corrected chi connectivity index (χ2v) is 7.40. The predicted molar refractivity (Wildman–Crippen MR) is 85.0 cm³/mol. The molecule has 0 bridgehead atoms. The van der Waals surface area contributed by atoms with E-state index >= 15 is 0 Å². The maximum Gasteiger partial charge on any atom is 0.335 e. The van der Waals surface area contributed by atoms with Crippen LogP contribution in [0.4, 0.5) is 0 Å². The van der Waals surface area contributed by atoms with Crippen LogP contribution in [0.2, 0.25) is 0 Å². The molecule has 0 radical (unpaired) electrons. The van der Waals surface area contributed by atoms with E-state index in [1.165, 1.54) is 6.42 Å². The molecule has 3 rings (SSSR count). The number of halogens is 2. The van der Waals surface area contributed by atoms with Gasteiger partial charge >= 0.3 is 5.97 Å². The highest BCUT2D eigenvalue weighted by molar-refractivity contribution is 9.11. The summed E-state index contributed by atoms with van der Waals surface area (Å²) in [6.45, 7) is 0.729. The summed E-state index contributed by atoms with van der Waals surface area (Å²) in [5.41, 5.74) is 0.256. The zero-order chi connectivity index (χ0) is 15.0. The molecule has 1 saturated heterocycles. The largest absolute Gasteiger partial charge is 0.488 e. The van der Waals surface area contributed by atoms with Crippen molar-refractivity contribution in [3.63, 3.8) is 0 Å². The van der Waals surface area contributed by atoms with Crippen molar-refractivity contribution in [1.29, 1.82) is 0 Å². The molecule has 1 spiro atoms. The fraction of sp³-hybridized carbons (Fsp3) is 0.533. The molecule has 1 unspecified atom stereocenters. The number of aromatic carboxylic acids is 1. The van der Waals surface area contributed by atoms with Crippen molar-refractivity contribution in [3.8, 4) is 5.75 Å². The maximum absolute atomic E-state index is 11.0. The summed E-state index contributed by atoms with van der Waals surface area (Å²) in [7, 11) is 0. The Hall–Kier alpha value is -0.590. The molecule has 21 heavy (non-hydrogen) atoms. The molecule has 2 fully saturated rings. The summed E-state index contributed by atoms with van der Waals surface area (Å²) in [5.74, 6) is -0.288. The Labute approximate surface area is 140 Å². The molecular formula is C15H16Br2O4. The highest BCUT2D eigenvalue weighted by atomic mass is 79.9. The van der Waals surface area contributed by atoms with E-state index in [1.54, 1.807) is 12.1 Å². The van der Waals surface area contributed by atoms with Crippen LogP contribution in [-0.4, -0.2) is 29.4 Å². The summed E-state index contributed by atoms with van der Waals surface area (Å²) in [6.07, 6.45) is 5.35. The lowest BCUT2D eigenvalue weighted by Crippen LogP contribution is -2.48. The summed E-state index contributed by atoms with van der Waals surface area (Å²) in [6, 6.07) is 3.14. The number of carbonyl (C=O) groups is 1. The van der Waals surface area contributed by atoms with E-state index in [2.05, 4.69) is 31.9 Å². The van der Waals surface area contributed by atoms with Crippen LogP contribution in [-0.2, 0) is 4.74 Å².